The van der Waals surface area contributed by atoms with Crippen molar-refractivity contribution in [3.8, 4) is 6.07 Å². The molecule has 0 aliphatic heterocycles. The number of carbonyl (C=O) groups excluding carboxylic acids is 2. The van der Waals surface area contributed by atoms with Gasteiger partial charge in [0.1, 0.15) is 5.54 Å². The molecule has 0 aromatic carbocycles. The molecule has 0 bridgehead atoms. The van der Waals surface area contributed by atoms with Crippen LogP contribution in [-0.2, 0) is 9.53 Å². The molecule has 1 amide bonds. The second-order valence-electron chi connectivity index (χ2n) is 4.86. The molecular formula is C14H16N2O4. The van der Waals surface area contributed by atoms with Crippen molar-refractivity contribution in [3.05, 3.63) is 24.2 Å². The molecule has 0 radical (unpaired) electrons. The Kier molecular flexibility index (Phi) is 4.41. The van der Waals surface area contributed by atoms with E-state index in [1.807, 2.05) is 0 Å². The van der Waals surface area contributed by atoms with Crippen LogP contribution in [0.15, 0.2) is 22.8 Å². The smallest absolute Gasteiger partial charge is 0.374 e. The number of furan rings is 1. The fourth-order valence-corrected chi connectivity index (χ4v) is 2.32. The second-order valence-corrected chi connectivity index (χ2v) is 4.86. The van der Waals surface area contributed by atoms with Crippen LogP contribution in [0.4, 0.5) is 0 Å². The molecule has 1 heterocycles. The van der Waals surface area contributed by atoms with Gasteiger partial charge in [-0.3, -0.25) is 4.79 Å². The van der Waals surface area contributed by atoms with Crippen LogP contribution in [0.1, 0.15) is 42.7 Å². The Hall–Kier alpha value is -2.29. The van der Waals surface area contributed by atoms with E-state index in [-0.39, 0.29) is 5.76 Å². The minimum atomic E-state index is -0.813. The van der Waals surface area contributed by atoms with E-state index in [1.165, 1.54) is 12.3 Å². The highest BCUT2D eigenvalue weighted by atomic mass is 16.5. The molecule has 1 aromatic heterocycles. The highest BCUT2D eigenvalue weighted by Gasteiger charge is 2.33. The van der Waals surface area contributed by atoms with Gasteiger partial charge >= 0.3 is 5.97 Å². The van der Waals surface area contributed by atoms with Gasteiger partial charge < -0.3 is 14.5 Å². The van der Waals surface area contributed by atoms with Crippen LogP contribution < -0.4 is 5.32 Å². The van der Waals surface area contributed by atoms with Crippen molar-refractivity contribution in [1.29, 1.82) is 5.26 Å². The molecule has 1 aliphatic carbocycles. The van der Waals surface area contributed by atoms with Crippen molar-refractivity contribution < 1.29 is 18.7 Å². The molecule has 0 atom stereocenters. The third-order valence-electron chi connectivity index (χ3n) is 3.36. The number of rotatable bonds is 4. The standard InChI is InChI=1S/C14H16N2O4/c15-10-14(6-2-1-3-7-14)16-12(17)9-20-13(18)11-5-4-8-19-11/h4-5,8H,1-3,6-7,9H2,(H,16,17). The normalized spacial score (nSPS) is 16.9. The van der Waals surface area contributed by atoms with E-state index in [0.717, 1.165) is 19.3 Å². The summed E-state index contributed by atoms with van der Waals surface area (Å²) in [5.74, 6) is -1.11. The number of ether oxygens (including phenoxy) is 1. The summed E-state index contributed by atoms with van der Waals surface area (Å²) in [6.45, 7) is -0.414. The van der Waals surface area contributed by atoms with Crippen molar-refractivity contribution in [3.63, 3.8) is 0 Å². The Morgan fingerprint density at radius 2 is 2.15 bits per heavy atom. The Balaban J connectivity index is 1.83. The average molecular weight is 276 g/mol. The lowest BCUT2D eigenvalue weighted by Crippen LogP contribution is -2.50. The molecule has 106 valence electrons. The topological polar surface area (TPSA) is 92.3 Å². The van der Waals surface area contributed by atoms with Crippen LogP contribution in [0.3, 0.4) is 0 Å². The van der Waals surface area contributed by atoms with Gasteiger partial charge in [-0.25, -0.2) is 4.79 Å². The molecule has 2 rings (SSSR count). The first kappa shape index (κ1) is 14.1. The number of nitrogens with zero attached hydrogens (tertiary/aromatic N) is 1. The summed E-state index contributed by atoms with van der Waals surface area (Å²) in [5, 5.41) is 11.9. The van der Waals surface area contributed by atoms with Crippen molar-refractivity contribution in [1.82, 2.24) is 5.32 Å². The summed E-state index contributed by atoms with van der Waals surface area (Å²) in [6.07, 6.45) is 5.54. The first-order valence-corrected chi connectivity index (χ1v) is 6.58. The van der Waals surface area contributed by atoms with Crippen molar-refractivity contribution >= 4 is 11.9 Å². The van der Waals surface area contributed by atoms with Gasteiger partial charge in [-0.2, -0.15) is 5.26 Å². The first-order valence-electron chi connectivity index (χ1n) is 6.58. The lowest BCUT2D eigenvalue weighted by Gasteiger charge is -2.31. The van der Waals surface area contributed by atoms with Crippen molar-refractivity contribution in [2.24, 2.45) is 0 Å². The Morgan fingerprint density at radius 1 is 1.40 bits per heavy atom. The largest absolute Gasteiger partial charge is 0.457 e. The fraction of sp³-hybridized carbons (Fsp3) is 0.500. The maximum atomic E-state index is 11.8. The summed E-state index contributed by atoms with van der Waals surface area (Å²) < 4.78 is 9.69. The monoisotopic (exact) mass is 276 g/mol. The van der Waals surface area contributed by atoms with Gasteiger partial charge in [0.15, 0.2) is 6.61 Å². The molecule has 1 saturated carbocycles. The van der Waals surface area contributed by atoms with Crippen LogP contribution in [0.25, 0.3) is 0 Å². The lowest BCUT2D eigenvalue weighted by molar-refractivity contribution is -0.126. The van der Waals surface area contributed by atoms with Crippen LogP contribution in [0, 0.1) is 11.3 Å². The van der Waals surface area contributed by atoms with Gasteiger partial charge in [0.2, 0.25) is 5.76 Å². The summed E-state index contributed by atoms with van der Waals surface area (Å²) in [4.78, 5) is 23.3. The van der Waals surface area contributed by atoms with Crippen LogP contribution in [0.5, 0.6) is 0 Å². The van der Waals surface area contributed by atoms with E-state index >= 15 is 0 Å². The zero-order valence-corrected chi connectivity index (χ0v) is 11.1. The number of nitrogens with one attached hydrogen (secondary N) is 1. The summed E-state index contributed by atoms with van der Waals surface area (Å²) >= 11 is 0. The lowest BCUT2D eigenvalue weighted by atomic mass is 9.83. The van der Waals surface area contributed by atoms with Crippen molar-refractivity contribution in [2.75, 3.05) is 6.61 Å². The molecule has 6 nitrogen and oxygen atoms in total. The Bertz CT molecular complexity index is 510. The van der Waals surface area contributed by atoms with Gasteiger partial charge in [0.05, 0.1) is 12.3 Å². The average Bonchev–Trinajstić information content (AvgIpc) is 3.00. The van der Waals surface area contributed by atoms with Gasteiger partial charge in [0, 0.05) is 0 Å². The molecule has 1 fully saturated rings. The van der Waals surface area contributed by atoms with E-state index < -0.39 is 24.0 Å². The molecule has 0 unspecified atom stereocenters. The van der Waals surface area contributed by atoms with Gasteiger partial charge in [-0.05, 0) is 25.0 Å². The minimum Gasteiger partial charge on any atom is -0.457 e. The maximum Gasteiger partial charge on any atom is 0.374 e. The number of hydrogen-bond donors (Lipinski definition) is 1. The molecule has 1 aliphatic rings. The Morgan fingerprint density at radius 3 is 2.75 bits per heavy atom. The first-order chi connectivity index (χ1) is 9.65. The maximum absolute atomic E-state index is 11.8. The highest BCUT2D eigenvalue weighted by Crippen LogP contribution is 2.27. The highest BCUT2D eigenvalue weighted by molar-refractivity contribution is 5.88. The molecule has 20 heavy (non-hydrogen) atoms. The molecule has 0 spiro atoms. The van der Waals surface area contributed by atoms with Crippen LogP contribution >= 0.6 is 0 Å². The van der Waals surface area contributed by atoms with Gasteiger partial charge in [0.25, 0.3) is 5.91 Å². The zero-order chi connectivity index (χ0) is 14.4. The van der Waals surface area contributed by atoms with Gasteiger partial charge in [-0.1, -0.05) is 19.3 Å². The fourth-order valence-electron chi connectivity index (χ4n) is 2.32. The molecule has 1 N–H and O–H groups in total. The number of nitriles is 1. The number of amides is 1. The SMILES string of the molecule is N#CC1(NC(=O)COC(=O)c2ccco2)CCCCC1. The van der Waals surface area contributed by atoms with E-state index in [0.29, 0.717) is 12.8 Å². The zero-order valence-electron chi connectivity index (χ0n) is 11.1. The number of esters is 1. The second kappa shape index (κ2) is 6.24. The molecule has 0 saturated heterocycles. The summed E-state index contributed by atoms with van der Waals surface area (Å²) in [5.41, 5.74) is -0.813. The Labute approximate surface area is 116 Å². The predicted molar refractivity (Wildman–Crippen MR) is 68.6 cm³/mol. The van der Waals surface area contributed by atoms with Crippen LogP contribution in [0.2, 0.25) is 0 Å². The summed E-state index contributed by atoms with van der Waals surface area (Å²) in [6, 6.07) is 5.19. The van der Waals surface area contributed by atoms with E-state index in [9.17, 15) is 14.9 Å². The van der Waals surface area contributed by atoms with Gasteiger partial charge in [-0.15, -0.1) is 0 Å². The third-order valence-corrected chi connectivity index (χ3v) is 3.36. The van der Waals surface area contributed by atoms with E-state index in [2.05, 4.69) is 11.4 Å². The third kappa shape index (κ3) is 3.38. The summed E-state index contributed by atoms with van der Waals surface area (Å²) in [7, 11) is 0. The predicted octanol–water partition coefficient (Wildman–Crippen LogP) is 1.78. The molecule has 6 heteroatoms. The quantitative estimate of drug-likeness (QED) is 0.846. The van der Waals surface area contributed by atoms with E-state index in [1.54, 1.807) is 6.07 Å². The molecule has 1 aromatic rings. The molecular weight excluding hydrogens is 260 g/mol. The van der Waals surface area contributed by atoms with E-state index in [4.69, 9.17) is 9.15 Å². The van der Waals surface area contributed by atoms with Crippen molar-refractivity contribution in [2.45, 2.75) is 37.6 Å². The number of carbonyl (C=O) groups is 2. The van der Waals surface area contributed by atoms with Crippen LogP contribution in [-0.4, -0.2) is 24.0 Å². The number of hydrogen-bond acceptors (Lipinski definition) is 5. The minimum absolute atomic E-state index is 0.0467.